The summed E-state index contributed by atoms with van der Waals surface area (Å²) in [5.41, 5.74) is 2.96. The molecule has 4 rings (SSSR count). The van der Waals surface area contributed by atoms with Crippen LogP contribution in [0.4, 0.5) is 0 Å². The van der Waals surface area contributed by atoms with Gasteiger partial charge >= 0.3 is 11.9 Å². The summed E-state index contributed by atoms with van der Waals surface area (Å²) in [6, 6.07) is 23.8. The van der Waals surface area contributed by atoms with E-state index < -0.39 is 35.0 Å². The Morgan fingerprint density at radius 2 is 1.12 bits per heavy atom. The Labute approximate surface area is 294 Å². The van der Waals surface area contributed by atoms with Crippen molar-refractivity contribution in [3.8, 4) is 0 Å². The van der Waals surface area contributed by atoms with E-state index in [4.69, 9.17) is 9.47 Å². The summed E-state index contributed by atoms with van der Waals surface area (Å²) in [6.07, 6.45) is 0.384. The topological polar surface area (TPSA) is 137 Å². The third kappa shape index (κ3) is 9.62. The van der Waals surface area contributed by atoms with Gasteiger partial charge in [0, 0.05) is 43.7 Å². The van der Waals surface area contributed by atoms with Crippen molar-refractivity contribution in [3.63, 3.8) is 0 Å². The number of benzene rings is 2. The molecule has 0 saturated heterocycles. The van der Waals surface area contributed by atoms with E-state index in [2.05, 4.69) is 20.6 Å². The lowest BCUT2D eigenvalue weighted by molar-refractivity contribution is -0.000898. The van der Waals surface area contributed by atoms with Gasteiger partial charge in [-0.1, -0.05) is 68.4 Å². The average Bonchev–Trinajstić information content (AvgIpc) is 3.09. The third-order valence-electron chi connectivity index (χ3n) is 8.12. The van der Waals surface area contributed by atoms with Crippen molar-refractivity contribution >= 4 is 23.8 Å². The number of hydrogen-bond acceptors (Lipinski definition) is 8. The van der Waals surface area contributed by atoms with E-state index in [1.807, 2.05) is 82.3 Å². The summed E-state index contributed by atoms with van der Waals surface area (Å²) in [6.45, 7) is 12.9. The van der Waals surface area contributed by atoms with Crippen molar-refractivity contribution in [2.75, 3.05) is 14.1 Å². The maximum atomic E-state index is 13.6. The Hall–Kier alpha value is -5.38. The van der Waals surface area contributed by atoms with Crippen molar-refractivity contribution in [2.45, 2.75) is 77.9 Å². The van der Waals surface area contributed by atoms with Crippen LogP contribution in [0, 0.1) is 0 Å². The van der Waals surface area contributed by atoms with Gasteiger partial charge in [-0.3, -0.25) is 9.59 Å². The van der Waals surface area contributed by atoms with Crippen molar-refractivity contribution < 1.29 is 28.7 Å². The van der Waals surface area contributed by atoms with E-state index in [-0.39, 0.29) is 34.4 Å². The molecule has 2 amide bonds. The van der Waals surface area contributed by atoms with Gasteiger partial charge in [-0.15, -0.1) is 0 Å². The lowest BCUT2D eigenvalue weighted by Gasteiger charge is -2.26. The van der Waals surface area contributed by atoms with E-state index >= 15 is 0 Å². The molecule has 2 N–H and O–H groups in total. The number of carbonyl (C=O) groups excluding carboxylic acids is 4. The number of hydrogen-bond donors (Lipinski definition) is 2. The summed E-state index contributed by atoms with van der Waals surface area (Å²) in [5, 5.41) is 5.16. The largest absolute Gasteiger partial charge is 0.456 e. The standard InChI is InChI=1S/C40H46N4O6/c1-24(27-15-11-10-12-16-27)31-20-30(22-34(43-31)36(46)42-9)38(48)50-40(6,7)23-26-14-13-17-28(18-26)25(2)32-19-29(37(47)49-39(3,4)5)21-33(44-32)35(45)41-8/h10-22,24-25H,23H2,1-9H3,(H,41,45)(H,42,46)/t24-,25+/m1/s1. The van der Waals surface area contributed by atoms with Crippen LogP contribution >= 0.6 is 0 Å². The van der Waals surface area contributed by atoms with E-state index in [9.17, 15) is 19.2 Å². The monoisotopic (exact) mass is 678 g/mol. The molecular weight excluding hydrogens is 632 g/mol. The highest BCUT2D eigenvalue weighted by Crippen LogP contribution is 2.29. The normalized spacial score (nSPS) is 12.7. The molecule has 2 aromatic heterocycles. The molecule has 0 bridgehead atoms. The first-order chi connectivity index (χ1) is 23.5. The fraction of sp³-hybridized carbons (Fsp3) is 0.350. The predicted octanol–water partition coefficient (Wildman–Crippen LogP) is 6.63. The molecule has 0 aliphatic carbocycles. The Balaban J connectivity index is 1.58. The van der Waals surface area contributed by atoms with Gasteiger partial charge in [0.25, 0.3) is 11.8 Å². The summed E-state index contributed by atoms with van der Waals surface area (Å²) >= 11 is 0. The van der Waals surface area contributed by atoms with E-state index in [1.54, 1.807) is 32.9 Å². The first kappa shape index (κ1) is 37.4. The number of rotatable bonds is 11. The molecule has 10 nitrogen and oxygen atoms in total. The van der Waals surface area contributed by atoms with Gasteiger partial charge in [-0.25, -0.2) is 19.6 Å². The SMILES string of the molecule is CNC(=O)c1cc(C(=O)OC(C)(C)Cc2cccc([C@H](C)c3cc(C(=O)OC(C)(C)C)cc(C(=O)NC)n3)c2)cc([C@H](C)c2ccccc2)n1. The minimum Gasteiger partial charge on any atom is -0.456 e. The van der Waals surface area contributed by atoms with Crippen LogP contribution in [0.2, 0.25) is 0 Å². The van der Waals surface area contributed by atoms with Crippen molar-refractivity contribution in [3.05, 3.63) is 129 Å². The second-order valence-corrected chi connectivity index (χ2v) is 13.9. The van der Waals surface area contributed by atoms with Gasteiger partial charge in [0.1, 0.15) is 22.6 Å². The highest BCUT2D eigenvalue weighted by molar-refractivity contribution is 5.97. The lowest BCUT2D eigenvalue weighted by Crippen LogP contribution is -2.31. The molecule has 4 aromatic rings. The molecule has 2 heterocycles. The first-order valence-electron chi connectivity index (χ1n) is 16.6. The van der Waals surface area contributed by atoms with Gasteiger partial charge < -0.3 is 20.1 Å². The smallest absolute Gasteiger partial charge is 0.338 e. The highest BCUT2D eigenvalue weighted by atomic mass is 16.6. The van der Waals surface area contributed by atoms with Crippen molar-refractivity contribution in [2.24, 2.45) is 0 Å². The number of nitrogens with zero attached hydrogens (tertiary/aromatic N) is 2. The Kier molecular flexibility index (Phi) is 11.6. The van der Waals surface area contributed by atoms with Crippen LogP contribution in [0.5, 0.6) is 0 Å². The van der Waals surface area contributed by atoms with Crippen LogP contribution in [-0.2, 0) is 15.9 Å². The number of nitrogens with one attached hydrogen (secondary N) is 2. The second kappa shape index (κ2) is 15.4. The molecule has 262 valence electrons. The number of carbonyl (C=O) groups is 4. The molecule has 0 aliphatic rings. The quantitative estimate of drug-likeness (QED) is 0.169. The molecule has 0 unspecified atom stereocenters. The number of ether oxygens (including phenoxy) is 2. The Bertz CT molecular complexity index is 1880. The van der Waals surface area contributed by atoms with E-state index in [0.29, 0.717) is 17.8 Å². The molecule has 10 heteroatoms. The van der Waals surface area contributed by atoms with Crippen LogP contribution in [0.15, 0.2) is 78.9 Å². The van der Waals surface area contributed by atoms with Gasteiger partial charge in [0.15, 0.2) is 0 Å². The van der Waals surface area contributed by atoms with Crippen LogP contribution in [0.1, 0.15) is 130 Å². The van der Waals surface area contributed by atoms with Crippen LogP contribution in [0.3, 0.4) is 0 Å². The average molecular weight is 679 g/mol. The molecule has 2 atom stereocenters. The zero-order chi connectivity index (χ0) is 36.8. The summed E-state index contributed by atoms with van der Waals surface area (Å²) in [7, 11) is 3.02. The van der Waals surface area contributed by atoms with Crippen molar-refractivity contribution in [1.29, 1.82) is 0 Å². The molecular formula is C40H46N4O6. The van der Waals surface area contributed by atoms with Crippen molar-refractivity contribution in [1.82, 2.24) is 20.6 Å². The molecule has 0 spiro atoms. The Morgan fingerprint density at radius 3 is 1.62 bits per heavy atom. The number of aromatic nitrogens is 2. The number of pyridine rings is 2. The maximum absolute atomic E-state index is 13.6. The molecule has 50 heavy (non-hydrogen) atoms. The predicted molar refractivity (Wildman–Crippen MR) is 192 cm³/mol. The van der Waals surface area contributed by atoms with Gasteiger partial charge in [0.2, 0.25) is 0 Å². The first-order valence-corrected chi connectivity index (χ1v) is 16.6. The van der Waals surface area contributed by atoms with Gasteiger partial charge in [0.05, 0.1) is 11.1 Å². The van der Waals surface area contributed by atoms with E-state index in [0.717, 1.165) is 16.7 Å². The molecule has 0 radical (unpaired) electrons. The fourth-order valence-electron chi connectivity index (χ4n) is 5.50. The summed E-state index contributed by atoms with van der Waals surface area (Å²) in [4.78, 5) is 60.9. The van der Waals surface area contributed by atoms with Gasteiger partial charge in [-0.2, -0.15) is 0 Å². The van der Waals surface area contributed by atoms with Crippen LogP contribution < -0.4 is 10.6 Å². The van der Waals surface area contributed by atoms with Crippen LogP contribution in [0.25, 0.3) is 0 Å². The lowest BCUT2D eigenvalue weighted by atomic mass is 9.91. The number of amides is 2. The van der Waals surface area contributed by atoms with E-state index in [1.165, 1.54) is 26.2 Å². The third-order valence-corrected chi connectivity index (χ3v) is 8.12. The van der Waals surface area contributed by atoms with Gasteiger partial charge in [-0.05, 0) is 75.6 Å². The summed E-state index contributed by atoms with van der Waals surface area (Å²) in [5.74, 6) is -2.40. The fourth-order valence-corrected chi connectivity index (χ4v) is 5.50. The summed E-state index contributed by atoms with van der Waals surface area (Å²) < 4.78 is 11.6. The highest BCUT2D eigenvalue weighted by Gasteiger charge is 2.27. The zero-order valence-corrected chi connectivity index (χ0v) is 30.2. The molecule has 0 aliphatic heterocycles. The minimum absolute atomic E-state index is 0.110. The second-order valence-electron chi connectivity index (χ2n) is 13.9. The molecule has 0 fully saturated rings. The maximum Gasteiger partial charge on any atom is 0.338 e. The Morgan fingerprint density at radius 1 is 0.640 bits per heavy atom. The van der Waals surface area contributed by atoms with Crippen LogP contribution in [-0.4, -0.2) is 59.0 Å². The number of esters is 2. The molecule has 0 saturated carbocycles. The minimum atomic E-state index is -0.929. The zero-order valence-electron chi connectivity index (χ0n) is 30.2. The molecule has 2 aromatic carbocycles.